The van der Waals surface area contributed by atoms with E-state index < -0.39 is 5.60 Å². The molecule has 1 aromatic heterocycles. The van der Waals surface area contributed by atoms with E-state index in [4.69, 9.17) is 0 Å². The molecule has 4 nitrogen and oxygen atoms in total. The highest BCUT2D eigenvalue weighted by molar-refractivity contribution is 5.29. The van der Waals surface area contributed by atoms with Gasteiger partial charge in [0.15, 0.2) is 0 Å². The fourth-order valence-corrected chi connectivity index (χ4v) is 1.98. The number of aromatic amines is 1. The Labute approximate surface area is 82.0 Å². The van der Waals surface area contributed by atoms with Gasteiger partial charge in [-0.05, 0) is 25.5 Å². The first kappa shape index (κ1) is 9.43. The van der Waals surface area contributed by atoms with Crippen LogP contribution in [0.15, 0.2) is 17.1 Å². The zero-order valence-electron chi connectivity index (χ0n) is 8.13. The first-order chi connectivity index (χ1) is 6.62. The van der Waals surface area contributed by atoms with Gasteiger partial charge >= 0.3 is 0 Å². The van der Waals surface area contributed by atoms with E-state index in [2.05, 4.69) is 10.3 Å². The second-order valence-corrected chi connectivity index (χ2v) is 3.85. The molecule has 0 aliphatic carbocycles. The highest BCUT2D eigenvalue weighted by Gasteiger charge is 2.34. The van der Waals surface area contributed by atoms with Crippen molar-refractivity contribution in [3.63, 3.8) is 0 Å². The van der Waals surface area contributed by atoms with Crippen LogP contribution in [0.1, 0.15) is 17.5 Å². The molecule has 4 heteroatoms. The molecular formula is C10H14N2O2. The van der Waals surface area contributed by atoms with E-state index >= 15 is 0 Å². The second-order valence-electron chi connectivity index (χ2n) is 3.85. The Kier molecular flexibility index (Phi) is 2.17. The van der Waals surface area contributed by atoms with Crippen LogP contribution in [0.5, 0.6) is 0 Å². The lowest BCUT2D eigenvalue weighted by Gasteiger charge is -2.23. The molecule has 1 atom stereocenters. The van der Waals surface area contributed by atoms with E-state index in [-0.39, 0.29) is 5.56 Å². The van der Waals surface area contributed by atoms with Gasteiger partial charge in [-0.1, -0.05) is 0 Å². The first-order valence-corrected chi connectivity index (χ1v) is 4.75. The molecule has 1 saturated heterocycles. The van der Waals surface area contributed by atoms with Crippen molar-refractivity contribution in [2.75, 3.05) is 13.1 Å². The lowest BCUT2D eigenvalue weighted by atomic mass is 9.91. The lowest BCUT2D eigenvalue weighted by molar-refractivity contribution is 0.0577. The molecule has 2 rings (SSSR count). The molecule has 1 aromatic rings. The van der Waals surface area contributed by atoms with Gasteiger partial charge in [0.2, 0.25) is 5.56 Å². The normalized spacial score (nSPS) is 26.7. The predicted molar refractivity (Wildman–Crippen MR) is 53.2 cm³/mol. The van der Waals surface area contributed by atoms with Crippen molar-refractivity contribution in [3.8, 4) is 0 Å². The van der Waals surface area contributed by atoms with Crippen LogP contribution < -0.4 is 10.9 Å². The van der Waals surface area contributed by atoms with Gasteiger partial charge in [-0.25, -0.2) is 0 Å². The van der Waals surface area contributed by atoms with Crippen LogP contribution in [0.2, 0.25) is 0 Å². The summed E-state index contributed by atoms with van der Waals surface area (Å²) in [5.41, 5.74) is 0.733. The van der Waals surface area contributed by atoms with Crippen molar-refractivity contribution < 1.29 is 5.11 Å². The van der Waals surface area contributed by atoms with Crippen molar-refractivity contribution in [1.29, 1.82) is 0 Å². The molecule has 1 aliphatic heterocycles. The number of nitrogens with one attached hydrogen (secondary N) is 2. The van der Waals surface area contributed by atoms with E-state index in [9.17, 15) is 9.90 Å². The zero-order chi connectivity index (χ0) is 10.2. The molecule has 0 spiro atoms. The Morgan fingerprint density at radius 3 is 2.93 bits per heavy atom. The third kappa shape index (κ3) is 1.47. The van der Waals surface area contributed by atoms with E-state index in [0.717, 1.165) is 17.7 Å². The van der Waals surface area contributed by atoms with Crippen LogP contribution in [0, 0.1) is 6.92 Å². The van der Waals surface area contributed by atoms with Crippen LogP contribution in [-0.4, -0.2) is 23.2 Å². The number of β-amino-alcohol motifs (C(OH)–C–C–N with tert-alkyl or cyclic N) is 1. The quantitative estimate of drug-likeness (QED) is 0.583. The zero-order valence-corrected chi connectivity index (χ0v) is 8.13. The molecule has 76 valence electrons. The van der Waals surface area contributed by atoms with Crippen molar-refractivity contribution in [2.45, 2.75) is 18.9 Å². The minimum Gasteiger partial charge on any atom is -0.384 e. The topological polar surface area (TPSA) is 65.1 Å². The molecule has 2 heterocycles. The molecule has 0 aromatic carbocycles. The summed E-state index contributed by atoms with van der Waals surface area (Å²) < 4.78 is 0. The summed E-state index contributed by atoms with van der Waals surface area (Å²) in [5, 5.41) is 13.4. The van der Waals surface area contributed by atoms with Gasteiger partial charge in [0, 0.05) is 24.4 Å². The smallest absolute Gasteiger partial charge is 0.248 e. The van der Waals surface area contributed by atoms with Crippen molar-refractivity contribution in [1.82, 2.24) is 10.3 Å². The largest absolute Gasteiger partial charge is 0.384 e. The molecule has 1 aliphatic rings. The second kappa shape index (κ2) is 3.22. The van der Waals surface area contributed by atoms with E-state index in [1.165, 1.54) is 6.07 Å². The SMILES string of the molecule is Cc1cc(=O)[nH]cc1C1(O)CCNC1. The fraction of sp³-hybridized carbons (Fsp3) is 0.500. The van der Waals surface area contributed by atoms with E-state index in [1.807, 2.05) is 6.92 Å². The van der Waals surface area contributed by atoms with Gasteiger partial charge in [-0.3, -0.25) is 4.79 Å². The molecule has 0 radical (unpaired) electrons. The average Bonchev–Trinajstić information content (AvgIpc) is 2.52. The summed E-state index contributed by atoms with van der Waals surface area (Å²) in [6, 6.07) is 1.52. The molecule has 0 amide bonds. The number of aromatic nitrogens is 1. The summed E-state index contributed by atoms with van der Waals surface area (Å²) in [6.07, 6.45) is 2.31. The van der Waals surface area contributed by atoms with Gasteiger partial charge in [0.25, 0.3) is 0 Å². The molecule has 0 bridgehead atoms. The number of aryl methyl sites for hydroxylation is 1. The summed E-state index contributed by atoms with van der Waals surface area (Å²) in [5.74, 6) is 0. The number of hydrogen-bond donors (Lipinski definition) is 3. The fourth-order valence-electron chi connectivity index (χ4n) is 1.98. The molecule has 14 heavy (non-hydrogen) atoms. The lowest BCUT2D eigenvalue weighted by Crippen LogP contribution is -2.30. The third-order valence-electron chi connectivity index (χ3n) is 2.77. The number of H-pyrrole nitrogens is 1. The van der Waals surface area contributed by atoms with E-state index in [1.54, 1.807) is 6.20 Å². The maximum atomic E-state index is 11.0. The Bertz CT molecular complexity index is 391. The average molecular weight is 194 g/mol. The Hall–Kier alpha value is -1.13. The standard InChI is InChI=1S/C10H14N2O2/c1-7-4-9(13)12-5-8(7)10(14)2-3-11-6-10/h4-5,11,14H,2-3,6H2,1H3,(H,12,13). The number of aliphatic hydroxyl groups is 1. The summed E-state index contributed by atoms with van der Waals surface area (Å²) in [7, 11) is 0. The van der Waals surface area contributed by atoms with Crippen LogP contribution >= 0.6 is 0 Å². The Morgan fingerprint density at radius 2 is 2.36 bits per heavy atom. The molecule has 0 saturated carbocycles. The van der Waals surface area contributed by atoms with Gasteiger partial charge in [-0.15, -0.1) is 0 Å². The molecule has 3 N–H and O–H groups in total. The van der Waals surface area contributed by atoms with Crippen LogP contribution in [0.4, 0.5) is 0 Å². The van der Waals surface area contributed by atoms with Gasteiger partial charge in [0.05, 0.1) is 0 Å². The maximum Gasteiger partial charge on any atom is 0.248 e. The van der Waals surface area contributed by atoms with Crippen LogP contribution in [0.25, 0.3) is 0 Å². The van der Waals surface area contributed by atoms with Gasteiger partial charge in [0.1, 0.15) is 5.60 Å². The number of rotatable bonds is 1. The van der Waals surface area contributed by atoms with Crippen LogP contribution in [0.3, 0.4) is 0 Å². The Morgan fingerprint density at radius 1 is 1.57 bits per heavy atom. The molecule has 1 unspecified atom stereocenters. The summed E-state index contributed by atoms with van der Waals surface area (Å²) >= 11 is 0. The minimum absolute atomic E-state index is 0.124. The highest BCUT2D eigenvalue weighted by Crippen LogP contribution is 2.28. The minimum atomic E-state index is -0.811. The van der Waals surface area contributed by atoms with Crippen LogP contribution in [-0.2, 0) is 5.60 Å². The maximum absolute atomic E-state index is 11.0. The summed E-state index contributed by atoms with van der Waals surface area (Å²) in [4.78, 5) is 13.6. The predicted octanol–water partition coefficient (Wildman–Crippen LogP) is -0.136. The van der Waals surface area contributed by atoms with Gasteiger partial charge in [-0.2, -0.15) is 0 Å². The molecule has 1 fully saturated rings. The number of hydrogen-bond acceptors (Lipinski definition) is 3. The number of pyridine rings is 1. The summed E-state index contributed by atoms with van der Waals surface area (Å²) in [6.45, 7) is 3.22. The van der Waals surface area contributed by atoms with Crippen molar-refractivity contribution in [3.05, 3.63) is 33.7 Å². The monoisotopic (exact) mass is 194 g/mol. The van der Waals surface area contributed by atoms with E-state index in [0.29, 0.717) is 13.0 Å². The highest BCUT2D eigenvalue weighted by atomic mass is 16.3. The van der Waals surface area contributed by atoms with Crippen molar-refractivity contribution in [2.24, 2.45) is 0 Å². The third-order valence-corrected chi connectivity index (χ3v) is 2.77. The first-order valence-electron chi connectivity index (χ1n) is 4.75. The Balaban J connectivity index is 2.45. The molecular weight excluding hydrogens is 180 g/mol. The van der Waals surface area contributed by atoms with Gasteiger partial charge < -0.3 is 15.4 Å². The van der Waals surface area contributed by atoms with Crippen molar-refractivity contribution >= 4 is 0 Å².